The summed E-state index contributed by atoms with van der Waals surface area (Å²) in [5.74, 6) is -10.3. The van der Waals surface area contributed by atoms with Crippen LogP contribution in [0.5, 0.6) is 0 Å². The average molecular weight is 1160 g/mol. The summed E-state index contributed by atoms with van der Waals surface area (Å²) in [5, 5.41) is 40.8. The van der Waals surface area contributed by atoms with Crippen LogP contribution >= 0.6 is 0 Å². The molecule has 0 bridgehead atoms. The molecular weight excluding hydrogens is 1080 g/mol. The molecule has 0 saturated carbocycles. The standard InChI is InChI=1S/C53H80N18O12/c1-29(2)22-37(68-46(77)36(18-19-42(55)73)66-44(75)34(16-10-20-61-52(56)57)64-48(79)38(67-43(74)30(3)54)23-31-12-6-4-7-13-31)47(78)71-41(27-72)50(81)69-39(25-33-26-60-28-63-33)49(80)65-35(17-11-21-62-53(58)59)45(76)70-40(51(82)83)24-32-14-8-5-9-15-32/h4-9,12-15,26,28-30,34-41,72H,10-11,16-25,27,54H2,1-3H3,(H2,55,73)(H,60,63)(H,64,79)(H,65,80)(H,66,75)(H,67,74)(H,68,77)(H,69,81)(H,70,76)(H,71,78)(H,82,83)(H4,56,57,61)(H4,58,59,62). The van der Waals surface area contributed by atoms with Crippen molar-refractivity contribution in [2.45, 2.75) is 139 Å². The predicted molar refractivity (Wildman–Crippen MR) is 304 cm³/mol. The number of carbonyl (C=O) groups is 10. The van der Waals surface area contributed by atoms with Gasteiger partial charge >= 0.3 is 5.97 Å². The quantitative estimate of drug-likeness (QED) is 0.0146. The Morgan fingerprint density at radius 1 is 0.518 bits per heavy atom. The van der Waals surface area contributed by atoms with E-state index in [1.165, 1.54) is 19.4 Å². The molecule has 0 spiro atoms. The summed E-state index contributed by atoms with van der Waals surface area (Å²) in [6.07, 6.45) is 1.40. The van der Waals surface area contributed by atoms with Crippen molar-refractivity contribution in [2.75, 3.05) is 19.7 Å². The third kappa shape index (κ3) is 25.9. The Kier molecular flexibility index (Phi) is 29.1. The molecule has 30 heteroatoms. The summed E-state index contributed by atoms with van der Waals surface area (Å²) in [4.78, 5) is 150. The molecule has 1 heterocycles. The number of nitrogens with one attached hydrogen (secondary N) is 9. The highest BCUT2D eigenvalue weighted by molar-refractivity contribution is 5.98. The van der Waals surface area contributed by atoms with Crippen LogP contribution < -0.4 is 76.9 Å². The number of aliphatic imine (C=N–C) groups is 2. The van der Waals surface area contributed by atoms with Crippen LogP contribution in [0.2, 0.25) is 0 Å². The van der Waals surface area contributed by atoms with Crippen molar-refractivity contribution in [1.82, 2.24) is 52.5 Å². The van der Waals surface area contributed by atoms with Gasteiger partial charge in [-0.2, -0.15) is 0 Å². The zero-order chi connectivity index (χ0) is 61.6. The first kappa shape index (κ1) is 68.1. The number of aliphatic hydroxyl groups excluding tert-OH is 1. The number of primary amides is 1. The molecule has 3 rings (SSSR count). The Bertz CT molecular complexity index is 2670. The van der Waals surface area contributed by atoms with Gasteiger partial charge in [-0.25, -0.2) is 9.78 Å². The van der Waals surface area contributed by atoms with Gasteiger partial charge in [-0.3, -0.25) is 53.1 Å². The highest BCUT2D eigenvalue weighted by atomic mass is 16.4. The largest absolute Gasteiger partial charge is 0.480 e. The Morgan fingerprint density at radius 2 is 0.904 bits per heavy atom. The number of amides is 9. The number of guanidine groups is 2. The van der Waals surface area contributed by atoms with Gasteiger partial charge in [0.1, 0.15) is 48.3 Å². The summed E-state index contributed by atoms with van der Waals surface area (Å²) in [6.45, 7) is 3.86. The van der Waals surface area contributed by atoms with Crippen LogP contribution in [0.15, 0.2) is 83.2 Å². The number of aliphatic hydroxyl groups is 1. The smallest absolute Gasteiger partial charge is 0.326 e. The molecule has 0 radical (unpaired) electrons. The number of nitrogens with zero attached hydrogens (tertiary/aromatic N) is 3. The van der Waals surface area contributed by atoms with E-state index in [0.717, 1.165) is 0 Å². The molecule has 9 atom stereocenters. The van der Waals surface area contributed by atoms with Gasteiger partial charge in [-0.05, 0) is 62.5 Å². The van der Waals surface area contributed by atoms with Crippen LogP contribution in [-0.4, -0.2) is 165 Å². The van der Waals surface area contributed by atoms with Crippen molar-refractivity contribution in [1.29, 1.82) is 0 Å². The molecule has 83 heavy (non-hydrogen) atoms. The number of aromatic nitrogens is 2. The van der Waals surface area contributed by atoms with Gasteiger partial charge in [0.05, 0.1) is 19.0 Å². The molecule has 0 aliphatic rings. The second-order valence-electron chi connectivity index (χ2n) is 20.0. The van der Waals surface area contributed by atoms with Crippen LogP contribution in [-0.2, 0) is 67.2 Å². The second-order valence-corrected chi connectivity index (χ2v) is 20.0. The Hall–Kier alpha value is -9.19. The number of hydrogen-bond acceptors (Lipinski definition) is 15. The minimum atomic E-state index is -1.78. The van der Waals surface area contributed by atoms with Crippen molar-refractivity contribution in [2.24, 2.45) is 50.3 Å². The number of carboxylic acids is 1. The van der Waals surface area contributed by atoms with E-state index < -0.39 is 133 Å². The molecule has 2 aromatic carbocycles. The van der Waals surface area contributed by atoms with E-state index in [4.69, 9.17) is 34.4 Å². The molecule has 9 unspecified atom stereocenters. The number of rotatable bonds is 37. The maximum atomic E-state index is 14.2. The zero-order valence-corrected chi connectivity index (χ0v) is 46.7. The molecule has 0 saturated heterocycles. The molecule has 9 amide bonds. The minimum absolute atomic E-state index is 0.00538. The third-order valence-corrected chi connectivity index (χ3v) is 12.5. The number of hydrogen-bond donors (Lipinski definition) is 17. The van der Waals surface area contributed by atoms with Crippen molar-refractivity contribution in [3.63, 3.8) is 0 Å². The van der Waals surface area contributed by atoms with Crippen molar-refractivity contribution < 1.29 is 58.2 Å². The van der Waals surface area contributed by atoms with Crippen LogP contribution in [0, 0.1) is 5.92 Å². The monoisotopic (exact) mass is 1160 g/mol. The van der Waals surface area contributed by atoms with Crippen molar-refractivity contribution in [3.05, 3.63) is 90.0 Å². The first-order valence-corrected chi connectivity index (χ1v) is 26.8. The molecular formula is C53H80N18O12. The molecule has 0 fully saturated rings. The fourth-order valence-electron chi connectivity index (χ4n) is 8.14. The normalized spacial score (nSPS) is 14.2. The number of H-pyrrole nitrogens is 1. The molecule has 30 nitrogen and oxygen atoms in total. The molecule has 0 aliphatic carbocycles. The summed E-state index contributed by atoms with van der Waals surface area (Å²) in [7, 11) is 0. The van der Waals surface area contributed by atoms with E-state index in [2.05, 4.69) is 62.5 Å². The van der Waals surface area contributed by atoms with E-state index >= 15 is 0 Å². The van der Waals surface area contributed by atoms with Crippen LogP contribution in [0.4, 0.5) is 0 Å². The topological polar surface area (TPSA) is 517 Å². The Labute approximate surface area is 479 Å². The number of carboxylic acid groups (broad SMARTS) is 1. The number of aliphatic carboxylic acids is 1. The lowest BCUT2D eigenvalue weighted by atomic mass is 10.0. The lowest BCUT2D eigenvalue weighted by molar-refractivity contribution is -0.142. The number of carbonyl (C=O) groups excluding carboxylic acids is 9. The Morgan fingerprint density at radius 3 is 1.33 bits per heavy atom. The van der Waals surface area contributed by atoms with Crippen molar-refractivity contribution in [3.8, 4) is 0 Å². The fraction of sp³-hybridized carbons (Fsp3) is 0.491. The minimum Gasteiger partial charge on any atom is -0.480 e. The Balaban J connectivity index is 1.89. The third-order valence-electron chi connectivity index (χ3n) is 12.5. The van der Waals surface area contributed by atoms with E-state index in [0.29, 0.717) is 16.8 Å². The molecule has 0 aliphatic heterocycles. The van der Waals surface area contributed by atoms with Gasteiger partial charge in [-0.15, -0.1) is 0 Å². The highest BCUT2D eigenvalue weighted by Crippen LogP contribution is 2.12. The first-order valence-electron chi connectivity index (χ1n) is 26.8. The van der Waals surface area contributed by atoms with E-state index in [1.54, 1.807) is 74.5 Å². The van der Waals surface area contributed by atoms with E-state index in [1.807, 2.05) is 0 Å². The van der Waals surface area contributed by atoms with Gasteiger partial charge < -0.3 is 92.1 Å². The summed E-state index contributed by atoms with van der Waals surface area (Å²) >= 11 is 0. The molecule has 23 N–H and O–H groups in total. The van der Waals surface area contributed by atoms with Crippen LogP contribution in [0.3, 0.4) is 0 Å². The van der Waals surface area contributed by atoms with E-state index in [-0.39, 0.29) is 82.3 Å². The first-order chi connectivity index (χ1) is 39.4. The maximum Gasteiger partial charge on any atom is 0.326 e. The number of imidazole rings is 1. The van der Waals surface area contributed by atoms with Gasteiger partial charge in [0.15, 0.2) is 11.9 Å². The zero-order valence-electron chi connectivity index (χ0n) is 46.7. The SMILES string of the molecule is CC(C)CC(NC(=O)C(CCC(N)=O)NC(=O)C(CCCN=C(N)N)NC(=O)C(Cc1ccccc1)NC(=O)C(C)N)C(=O)NC(CO)C(=O)NC(Cc1cnc[nH]1)C(=O)NC(CCCN=C(N)N)C(=O)NC(Cc1ccccc1)C(=O)O. The predicted octanol–water partition coefficient (Wildman–Crippen LogP) is -4.84. The highest BCUT2D eigenvalue weighted by Gasteiger charge is 2.35. The number of benzene rings is 2. The van der Waals surface area contributed by atoms with Gasteiger partial charge in [0, 0.05) is 50.7 Å². The van der Waals surface area contributed by atoms with Crippen molar-refractivity contribution >= 4 is 71.1 Å². The lowest BCUT2D eigenvalue weighted by Crippen LogP contribution is -2.61. The van der Waals surface area contributed by atoms with Crippen LogP contribution in [0.1, 0.15) is 82.5 Å². The summed E-state index contributed by atoms with van der Waals surface area (Å²) in [5.41, 5.74) is 34.8. The lowest BCUT2D eigenvalue weighted by Gasteiger charge is -2.28. The van der Waals surface area contributed by atoms with Crippen LogP contribution in [0.25, 0.3) is 0 Å². The molecule has 3 aromatic rings. The maximum absolute atomic E-state index is 14.2. The fourth-order valence-corrected chi connectivity index (χ4v) is 8.14. The van der Waals surface area contributed by atoms with Gasteiger partial charge in [-0.1, -0.05) is 74.5 Å². The van der Waals surface area contributed by atoms with E-state index in [9.17, 15) is 58.2 Å². The molecule has 454 valence electrons. The summed E-state index contributed by atoms with van der Waals surface area (Å²) in [6, 6.07) is 4.34. The van der Waals surface area contributed by atoms with Gasteiger partial charge in [0.25, 0.3) is 0 Å². The number of nitrogens with two attached hydrogens (primary N) is 6. The second kappa shape index (κ2) is 35.5. The number of aromatic amines is 1. The average Bonchev–Trinajstić information content (AvgIpc) is 3.98. The summed E-state index contributed by atoms with van der Waals surface area (Å²) < 4.78 is 0. The molecule has 1 aromatic heterocycles. The van der Waals surface area contributed by atoms with Gasteiger partial charge in [0.2, 0.25) is 53.2 Å².